The molecule has 0 atom stereocenters. The van der Waals surface area contributed by atoms with Crippen molar-refractivity contribution >= 4 is 17.5 Å². The summed E-state index contributed by atoms with van der Waals surface area (Å²) in [5.74, 6) is -0.151. The van der Waals surface area contributed by atoms with Gasteiger partial charge in [0, 0.05) is 0 Å². The molecule has 0 unspecified atom stereocenters. The van der Waals surface area contributed by atoms with Crippen LogP contribution >= 0.6 is 11.6 Å². The monoisotopic (exact) mass is 239 g/mol. The Bertz CT molecular complexity index is 357. The van der Waals surface area contributed by atoms with Crippen LogP contribution in [0.3, 0.4) is 0 Å². The van der Waals surface area contributed by atoms with Crippen LogP contribution in [-0.2, 0) is 16.8 Å². The maximum atomic E-state index is 11.3. The molecular formula is C13H18ClNO. The molecule has 88 valence electrons. The lowest BCUT2D eigenvalue weighted by molar-refractivity contribution is -0.120. The Balaban J connectivity index is 2.84. The second-order valence-electron chi connectivity index (χ2n) is 4.36. The summed E-state index contributed by atoms with van der Waals surface area (Å²) in [7, 11) is 0. The van der Waals surface area contributed by atoms with Gasteiger partial charge >= 0.3 is 0 Å². The number of rotatable bonds is 4. The molecule has 1 amide bonds. The van der Waals surface area contributed by atoms with Gasteiger partial charge in [0.25, 0.3) is 0 Å². The zero-order chi connectivity index (χ0) is 12.2. The summed E-state index contributed by atoms with van der Waals surface area (Å²) in [5, 5.41) is 2.89. The summed E-state index contributed by atoms with van der Waals surface area (Å²) >= 11 is 5.48. The molecule has 0 saturated carbocycles. The van der Waals surface area contributed by atoms with Crippen LogP contribution in [0, 0.1) is 0 Å². The minimum absolute atomic E-state index is 0.00350. The predicted octanol–water partition coefficient (Wildman–Crippen LogP) is 2.84. The molecule has 0 heterocycles. The van der Waals surface area contributed by atoms with Gasteiger partial charge in [0.05, 0.1) is 5.54 Å². The quantitative estimate of drug-likeness (QED) is 0.805. The van der Waals surface area contributed by atoms with E-state index in [4.69, 9.17) is 11.6 Å². The van der Waals surface area contributed by atoms with Crippen LogP contribution < -0.4 is 5.32 Å². The third-order valence-corrected chi connectivity index (χ3v) is 2.90. The Kier molecular flexibility index (Phi) is 4.36. The van der Waals surface area contributed by atoms with Gasteiger partial charge in [-0.25, -0.2) is 0 Å². The number of hydrogen-bond acceptors (Lipinski definition) is 1. The number of hydrogen-bond donors (Lipinski definition) is 1. The first-order chi connectivity index (χ1) is 7.49. The number of carbonyl (C=O) groups excluding carboxylic acids is 1. The molecule has 0 aliphatic rings. The molecule has 0 aliphatic carbocycles. The van der Waals surface area contributed by atoms with Crippen LogP contribution in [0.15, 0.2) is 24.3 Å². The Morgan fingerprint density at radius 2 is 1.88 bits per heavy atom. The highest BCUT2D eigenvalue weighted by Crippen LogP contribution is 2.20. The summed E-state index contributed by atoms with van der Waals surface area (Å²) in [6, 6.07) is 8.27. The van der Waals surface area contributed by atoms with Gasteiger partial charge in [0.1, 0.15) is 5.88 Å². The molecule has 0 saturated heterocycles. The number of aryl methyl sites for hydroxylation is 1. The Morgan fingerprint density at radius 1 is 1.31 bits per heavy atom. The van der Waals surface area contributed by atoms with Crippen molar-refractivity contribution in [1.82, 2.24) is 5.32 Å². The minimum atomic E-state index is -0.377. The molecular weight excluding hydrogens is 222 g/mol. The minimum Gasteiger partial charge on any atom is -0.346 e. The number of carbonyl (C=O) groups is 1. The highest BCUT2D eigenvalue weighted by atomic mass is 35.5. The van der Waals surface area contributed by atoms with Gasteiger partial charge in [0.2, 0.25) is 5.91 Å². The molecule has 1 N–H and O–H groups in total. The largest absolute Gasteiger partial charge is 0.346 e. The van der Waals surface area contributed by atoms with E-state index in [1.807, 2.05) is 26.0 Å². The van der Waals surface area contributed by atoms with Crippen molar-refractivity contribution in [1.29, 1.82) is 0 Å². The van der Waals surface area contributed by atoms with Crippen LogP contribution in [0.2, 0.25) is 0 Å². The average Bonchev–Trinajstić information content (AvgIpc) is 2.28. The molecule has 1 rings (SSSR count). The molecule has 0 fully saturated rings. The molecule has 0 spiro atoms. The zero-order valence-electron chi connectivity index (χ0n) is 10.0. The van der Waals surface area contributed by atoms with E-state index in [2.05, 4.69) is 24.4 Å². The smallest absolute Gasteiger partial charge is 0.235 e. The molecule has 3 heteroatoms. The maximum Gasteiger partial charge on any atom is 0.235 e. The van der Waals surface area contributed by atoms with Gasteiger partial charge in [-0.05, 0) is 31.4 Å². The summed E-state index contributed by atoms with van der Waals surface area (Å²) in [5.41, 5.74) is 2.00. The van der Waals surface area contributed by atoms with Crippen molar-refractivity contribution in [3.05, 3.63) is 35.4 Å². The van der Waals surface area contributed by atoms with E-state index >= 15 is 0 Å². The Hall–Kier alpha value is -1.02. The van der Waals surface area contributed by atoms with E-state index in [0.717, 1.165) is 12.0 Å². The van der Waals surface area contributed by atoms with Crippen LogP contribution in [0.5, 0.6) is 0 Å². The van der Waals surface area contributed by atoms with Crippen molar-refractivity contribution in [3.63, 3.8) is 0 Å². The number of nitrogens with one attached hydrogen (secondary N) is 1. The topological polar surface area (TPSA) is 29.1 Å². The maximum absolute atomic E-state index is 11.3. The number of alkyl halides is 1. The van der Waals surface area contributed by atoms with E-state index in [0.29, 0.717) is 0 Å². The van der Waals surface area contributed by atoms with Crippen LogP contribution in [0.1, 0.15) is 31.9 Å². The number of halogens is 1. The molecule has 16 heavy (non-hydrogen) atoms. The number of amides is 1. The van der Waals surface area contributed by atoms with Gasteiger partial charge in [-0.15, -0.1) is 11.6 Å². The fraction of sp³-hybridized carbons (Fsp3) is 0.462. The van der Waals surface area contributed by atoms with Gasteiger partial charge in [-0.2, -0.15) is 0 Å². The Labute approximate surface area is 102 Å². The molecule has 0 aliphatic heterocycles. The lowest BCUT2D eigenvalue weighted by atomic mass is 9.93. The van der Waals surface area contributed by atoms with Gasteiger partial charge in [-0.3, -0.25) is 4.79 Å². The zero-order valence-corrected chi connectivity index (χ0v) is 10.8. The van der Waals surface area contributed by atoms with Gasteiger partial charge in [-0.1, -0.05) is 31.2 Å². The molecule has 0 bridgehead atoms. The molecule has 2 nitrogen and oxygen atoms in total. The fourth-order valence-corrected chi connectivity index (χ4v) is 1.68. The molecule has 0 radical (unpaired) electrons. The second kappa shape index (κ2) is 5.35. The summed E-state index contributed by atoms with van der Waals surface area (Å²) < 4.78 is 0. The predicted molar refractivity (Wildman–Crippen MR) is 67.7 cm³/mol. The summed E-state index contributed by atoms with van der Waals surface area (Å²) in [6.07, 6.45) is 1.02. The normalized spacial score (nSPS) is 11.2. The van der Waals surface area contributed by atoms with E-state index in [1.54, 1.807) is 0 Å². The van der Waals surface area contributed by atoms with Crippen molar-refractivity contribution in [2.45, 2.75) is 32.7 Å². The molecule has 0 aromatic heterocycles. The van der Waals surface area contributed by atoms with Crippen LogP contribution in [0.4, 0.5) is 0 Å². The fourth-order valence-electron chi connectivity index (χ4n) is 1.61. The standard InChI is InChI=1S/C13H18ClNO/c1-4-10-5-7-11(8-6-10)13(2,3)15-12(16)9-14/h5-8H,4,9H2,1-3H3,(H,15,16). The van der Waals surface area contributed by atoms with E-state index < -0.39 is 0 Å². The second-order valence-corrected chi connectivity index (χ2v) is 4.62. The van der Waals surface area contributed by atoms with Crippen molar-refractivity contribution in [3.8, 4) is 0 Å². The first-order valence-electron chi connectivity index (χ1n) is 5.46. The average molecular weight is 240 g/mol. The van der Waals surface area contributed by atoms with E-state index in [1.165, 1.54) is 5.56 Å². The third-order valence-electron chi connectivity index (χ3n) is 2.66. The van der Waals surface area contributed by atoms with E-state index in [9.17, 15) is 4.79 Å². The SMILES string of the molecule is CCc1ccc(C(C)(C)NC(=O)CCl)cc1. The van der Waals surface area contributed by atoms with Crippen molar-refractivity contribution in [2.75, 3.05) is 5.88 Å². The third kappa shape index (κ3) is 3.24. The highest BCUT2D eigenvalue weighted by molar-refractivity contribution is 6.27. The summed E-state index contributed by atoms with van der Waals surface area (Å²) in [6.45, 7) is 6.06. The number of benzene rings is 1. The van der Waals surface area contributed by atoms with Gasteiger partial charge < -0.3 is 5.32 Å². The molecule has 1 aromatic carbocycles. The lowest BCUT2D eigenvalue weighted by Gasteiger charge is -2.26. The van der Waals surface area contributed by atoms with Crippen molar-refractivity contribution < 1.29 is 4.79 Å². The Morgan fingerprint density at radius 3 is 2.31 bits per heavy atom. The van der Waals surface area contributed by atoms with Crippen molar-refractivity contribution in [2.24, 2.45) is 0 Å². The van der Waals surface area contributed by atoms with Crippen LogP contribution in [0.25, 0.3) is 0 Å². The summed E-state index contributed by atoms with van der Waals surface area (Å²) in [4.78, 5) is 11.3. The lowest BCUT2D eigenvalue weighted by Crippen LogP contribution is -2.41. The van der Waals surface area contributed by atoms with E-state index in [-0.39, 0.29) is 17.3 Å². The first kappa shape index (κ1) is 13.0. The first-order valence-corrected chi connectivity index (χ1v) is 5.99. The highest BCUT2D eigenvalue weighted by Gasteiger charge is 2.21. The van der Waals surface area contributed by atoms with Gasteiger partial charge in [0.15, 0.2) is 0 Å². The van der Waals surface area contributed by atoms with Crippen LogP contribution in [-0.4, -0.2) is 11.8 Å². The molecule has 1 aromatic rings.